The van der Waals surface area contributed by atoms with Crippen molar-refractivity contribution >= 4 is 22.8 Å². The van der Waals surface area contributed by atoms with Crippen LogP contribution in [0.1, 0.15) is 42.5 Å². The van der Waals surface area contributed by atoms with Crippen LogP contribution in [0.2, 0.25) is 0 Å². The van der Waals surface area contributed by atoms with E-state index >= 15 is 0 Å². The van der Waals surface area contributed by atoms with Gasteiger partial charge in [0.1, 0.15) is 12.4 Å². The van der Waals surface area contributed by atoms with Gasteiger partial charge in [-0.3, -0.25) is 9.59 Å². The second-order valence-corrected chi connectivity index (χ2v) is 9.47. The molecule has 1 saturated carbocycles. The molecule has 0 saturated heterocycles. The molecule has 2 N–H and O–H groups in total. The number of hydrogen-bond donors (Lipinski definition) is 2. The van der Waals surface area contributed by atoms with Crippen molar-refractivity contribution < 1.29 is 32.2 Å². The van der Waals surface area contributed by atoms with Crippen molar-refractivity contribution in [3.05, 3.63) is 65.4 Å². The molecule has 2 atom stereocenters. The van der Waals surface area contributed by atoms with E-state index in [1.54, 1.807) is 0 Å². The highest BCUT2D eigenvalue weighted by Crippen LogP contribution is 2.32. The molecule has 2 aromatic carbocycles. The van der Waals surface area contributed by atoms with Crippen LogP contribution in [0.4, 0.5) is 13.2 Å². The predicted molar refractivity (Wildman–Crippen MR) is 133 cm³/mol. The molecule has 0 aliphatic heterocycles. The van der Waals surface area contributed by atoms with Gasteiger partial charge in [-0.1, -0.05) is 43.2 Å². The van der Waals surface area contributed by atoms with Gasteiger partial charge in [0, 0.05) is 23.1 Å². The van der Waals surface area contributed by atoms with E-state index in [9.17, 15) is 22.8 Å². The van der Waals surface area contributed by atoms with E-state index in [-0.39, 0.29) is 5.91 Å². The van der Waals surface area contributed by atoms with Crippen molar-refractivity contribution in [2.45, 2.75) is 51.8 Å². The summed E-state index contributed by atoms with van der Waals surface area (Å²) in [6, 6.07) is 15.7. The quantitative estimate of drug-likeness (QED) is 0.362. The molecule has 3 aromatic rings. The zero-order valence-corrected chi connectivity index (χ0v) is 20.7. The van der Waals surface area contributed by atoms with Crippen LogP contribution < -0.4 is 10.1 Å². The number of aryl methyl sites for hydroxylation is 1. The summed E-state index contributed by atoms with van der Waals surface area (Å²) in [5.74, 6) is -2.07. The van der Waals surface area contributed by atoms with Crippen molar-refractivity contribution in [2.24, 2.45) is 11.8 Å². The Labute approximate surface area is 213 Å². The second kappa shape index (κ2) is 11.7. The third-order valence-corrected chi connectivity index (χ3v) is 6.80. The fraction of sp³-hybridized carbons (Fsp3) is 0.429. The molecular weight excluding hydrogens is 485 g/mol. The van der Waals surface area contributed by atoms with E-state index < -0.39 is 30.6 Å². The Balaban J connectivity index is 1.36. The first kappa shape index (κ1) is 26.6. The van der Waals surface area contributed by atoms with E-state index in [2.05, 4.69) is 15.0 Å². The minimum Gasteiger partial charge on any atom is -0.489 e. The van der Waals surface area contributed by atoms with E-state index in [0.717, 1.165) is 39.9 Å². The summed E-state index contributed by atoms with van der Waals surface area (Å²) in [5, 5.41) is 3.89. The lowest BCUT2D eigenvalue weighted by molar-refractivity contribution is -0.191. The van der Waals surface area contributed by atoms with E-state index in [4.69, 9.17) is 4.74 Å². The summed E-state index contributed by atoms with van der Waals surface area (Å²) in [6.45, 7) is 1.13. The van der Waals surface area contributed by atoms with Gasteiger partial charge in [0.15, 0.2) is 6.61 Å². The van der Waals surface area contributed by atoms with Gasteiger partial charge in [0.25, 0.3) is 0 Å². The van der Waals surface area contributed by atoms with Gasteiger partial charge in [-0.25, -0.2) is 0 Å². The van der Waals surface area contributed by atoms with Gasteiger partial charge < -0.3 is 19.8 Å². The lowest BCUT2D eigenvalue weighted by Gasteiger charge is -2.29. The van der Waals surface area contributed by atoms with E-state index in [0.29, 0.717) is 38.8 Å². The van der Waals surface area contributed by atoms with Crippen LogP contribution in [0, 0.1) is 18.8 Å². The van der Waals surface area contributed by atoms with E-state index in [1.165, 1.54) is 0 Å². The number of benzene rings is 2. The molecule has 4 rings (SSSR count). The number of alkyl halides is 3. The van der Waals surface area contributed by atoms with Gasteiger partial charge in [0.05, 0.1) is 11.8 Å². The Morgan fingerprint density at radius 3 is 2.51 bits per heavy atom. The van der Waals surface area contributed by atoms with Gasteiger partial charge in [-0.05, 0) is 55.5 Å². The predicted octanol–water partition coefficient (Wildman–Crippen LogP) is 5.63. The van der Waals surface area contributed by atoms with Crippen LogP contribution in [0.25, 0.3) is 10.9 Å². The number of ether oxygens (including phenoxy) is 2. The summed E-state index contributed by atoms with van der Waals surface area (Å²) >= 11 is 0. The number of amides is 1. The maximum Gasteiger partial charge on any atom is 0.422 e. The smallest absolute Gasteiger partial charge is 0.422 e. The first-order valence-electron chi connectivity index (χ1n) is 12.5. The average molecular weight is 517 g/mol. The Hall–Kier alpha value is -3.49. The number of aromatic amines is 1. The molecule has 1 amide bonds. The van der Waals surface area contributed by atoms with Gasteiger partial charge in [-0.15, -0.1) is 0 Å². The first-order valence-corrected chi connectivity index (χ1v) is 12.5. The molecule has 1 heterocycles. The SMILES string of the molecule is Cc1[nH]c2ccc(OCc3ccccc3)cc2c1CCNC(=O)[C@H]1CCCC[C@H]1C(=O)OCC(F)(F)F. The molecule has 198 valence electrons. The number of esters is 1. The third-order valence-electron chi connectivity index (χ3n) is 6.80. The largest absolute Gasteiger partial charge is 0.489 e. The average Bonchev–Trinajstić information content (AvgIpc) is 3.20. The molecule has 0 radical (unpaired) electrons. The number of halogens is 3. The zero-order chi connectivity index (χ0) is 26.4. The van der Waals surface area contributed by atoms with Crippen LogP contribution in [-0.4, -0.2) is 36.2 Å². The molecule has 37 heavy (non-hydrogen) atoms. The summed E-state index contributed by atoms with van der Waals surface area (Å²) in [7, 11) is 0. The second-order valence-electron chi connectivity index (χ2n) is 9.47. The lowest BCUT2D eigenvalue weighted by atomic mass is 9.78. The molecule has 6 nitrogen and oxygen atoms in total. The van der Waals surface area contributed by atoms with Crippen molar-refractivity contribution in [1.29, 1.82) is 0 Å². The molecule has 0 unspecified atom stereocenters. The number of carbonyl (C=O) groups is 2. The molecule has 1 aliphatic carbocycles. The van der Waals surface area contributed by atoms with E-state index in [1.807, 2.05) is 55.5 Å². The Bertz CT molecular complexity index is 1220. The minimum absolute atomic E-state index is 0.321. The summed E-state index contributed by atoms with van der Waals surface area (Å²) < 4.78 is 47.8. The first-order chi connectivity index (χ1) is 17.7. The number of fused-ring (bicyclic) bond motifs is 1. The maximum absolute atomic E-state index is 12.9. The van der Waals surface area contributed by atoms with Gasteiger partial charge in [-0.2, -0.15) is 13.2 Å². The number of nitrogens with one attached hydrogen (secondary N) is 2. The molecular formula is C28H31F3N2O4. The Morgan fingerprint density at radius 2 is 1.78 bits per heavy atom. The summed E-state index contributed by atoms with van der Waals surface area (Å²) in [4.78, 5) is 28.5. The number of rotatable bonds is 9. The summed E-state index contributed by atoms with van der Waals surface area (Å²) in [6.07, 6.45) is -1.82. The highest BCUT2D eigenvalue weighted by atomic mass is 19.4. The number of hydrogen-bond acceptors (Lipinski definition) is 4. The van der Waals surface area contributed by atoms with Crippen LogP contribution in [0.3, 0.4) is 0 Å². The molecule has 0 spiro atoms. The molecule has 1 aromatic heterocycles. The monoisotopic (exact) mass is 516 g/mol. The highest BCUT2D eigenvalue weighted by Gasteiger charge is 2.38. The highest BCUT2D eigenvalue weighted by molar-refractivity contribution is 5.87. The lowest BCUT2D eigenvalue weighted by Crippen LogP contribution is -2.41. The zero-order valence-electron chi connectivity index (χ0n) is 20.7. The Kier molecular flexibility index (Phi) is 8.41. The third kappa shape index (κ3) is 7.05. The van der Waals surface area contributed by atoms with Crippen molar-refractivity contribution in [3.8, 4) is 5.75 Å². The summed E-state index contributed by atoms with van der Waals surface area (Å²) in [5.41, 5.74) is 4.06. The standard InChI is InChI=1S/C28H31F3N2O4/c1-18-21(24-15-20(11-12-25(24)33-18)36-16-19-7-3-2-4-8-19)13-14-32-26(34)22-9-5-6-10-23(22)27(35)37-17-28(29,30)31/h2-4,7-8,11-12,15,22-23,33H,5-6,9-10,13-14,16-17H2,1H3,(H,32,34)/t22-,23+/m0/s1. The normalized spacial score (nSPS) is 17.9. The number of aromatic nitrogens is 1. The van der Waals surface area contributed by atoms with Crippen LogP contribution in [0.5, 0.6) is 5.75 Å². The van der Waals surface area contributed by atoms with Crippen molar-refractivity contribution in [3.63, 3.8) is 0 Å². The van der Waals surface area contributed by atoms with Gasteiger partial charge >= 0.3 is 12.1 Å². The molecule has 0 bridgehead atoms. The van der Waals surface area contributed by atoms with Crippen molar-refractivity contribution in [1.82, 2.24) is 10.3 Å². The topological polar surface area (TPSA) is 80.4 Å². The molecule has 9 heteroatoms. The molecule has 1 fully saturated rings. The van der Waals surface area contributed by atoms with Crippen LogP contribution >= 0.6 is 0 Å². The number of carbonyl (C=O) groups excluding carboxylic acids is 2. The maximum atomic E-state index is 12.9. The number of H-pyrrole nitrogens is 1. The van der Waals surface area contributed by atoms with Crippen LogP contribution in [0.15, 0.2) is 48.5 Å². The van der Waals surface area contributed by atoms with Crippen molar-refractivity contribution in [2.75, 3.05) is 13.2 Å². The molecule has 1 aliphatic rings. The van der Waals surface area contributed by atoms with Gasteiger partial charge in [0.2, 0.25) is 5.91 Å². The Morgan fingerprint density at radius 1 is 1.05 bits per heavy atom. The fourth-order valence-corrected chi connectivity index (χ4v) is 4.94. The minimum atomic E-state index is -4.59. The van der Waals surface area contributed by atoms with Crippen LogP contribution in [-0.2, 0) is 27.4 Å². The fourth-order valence-electron chi connectivity index (χ4n) is 4.94.